The summed E-state index contributed by atoms with van der Waals surface area (Å²) in [5.74, 6) is -0.364. The van der Waals surface area contributed by atoms with Crippen LogP contribution in [0.1, 0.15) is 17.3 Å². The van der Waals surface area contributed by atoms with E-state index in [1.165, 1.54) is 6.07 Å². The van der Waals surface area contributed by atoms with E-state index in [-0.39, 0.29) is 34.9 Å². The number of carboxylic acid groups (broad SMARTS) is 1. The van der Waals surface area contributed by atoms with Crippen molar-refractivity contribution in [2.75, 3.05) is 24.6 Å². The molecule has 0 spiro atoms. The number of hydrogen-bond donors (Lipinski definition) is 1. The number of H-pyrrole nitrogens is 1. The molecule has 0 fully saturated rings. The first-order valence-corrected chi connectivity index (χ1v) is 6.27. The number of fused-ring (bicyclic) bond motifs is 2. The summed E-state index contributed by atoms with van der Waals surface area (Å²) < 4.78 is 5.50. The molecular formula is C13H12N3NaO4. The topological polar surface area (TPSA) is 98.4 Å². The Bertz CT molecular complexity index is 759. The van der Waals surface area contributed by atoms with Crippen LogP contribution in [0.2, 0.25) is 0 Å². The first-order valence-electron chi connectivity index (χ1n) is 6.27. The number of aromatic amines is 1. The molecule has 104 valence electrons. The Balaban J connectivity index is 0.00000161. The van der Waals surface area contributed by atoms with Gasteiger partial charge in [0.25, 0.3) is 0 Å². The number of rotatable bonds is 2. The van der Waals surface area contributed by atoms with E-state index in [1.807, 2.05) is 11.8 Å². The minimum absolute atomic E-state index is 0. The standard InChI is InChI=1S/C13H13N3O4.Na/c1-2-16-3-4-20-9-5-7-10(17)8(13(18)19)6-14-11(7)15-12(9)16;/h5-6H,2-4H2,1H3,(H,18,19)(H,14,15,17);/q;+1/p-1. The zero-order chi connectivity index (χ0) is 14.3. The van der Waals surface area contributed by atoms with Crippen LogP contribution in [0, 0.1) is 0 Å². The number of likely N-dealkylation sites (N-methyl/N-ethyl adjacent to an activating group) is 1. The van der Waals surface area contributed by atoms with Crippen LogP contribution in [0.5, 0.6) is 5.75 Å². The van der Waals surface area contributed by atoms with E-state index in [1.54, 1.807) is 0 Å². The molecule has 0 bridgehead atoms. The summed E-state index contributed by atoms with van der Waals surface area (Å²) in [7, 11) is 0. The molecule has 3 rings (SSSR count). The molecule has 1 aliphatic rings. The fraction of sp³-hybridized carbons (Fsp3) is 0.308. The summed E-state index contributed by atoms with van der Waals surface area (Å²) in [5.41, 5.74) is -0.698. The van der Waals surface area contributed by atoms with E-state index in [4.69, 9.17) is 4.74 Å². The van der Waals surface area contributed by atoms with Crippen molar-refractivity contribution in [3.63, 3.8) is 0 Å². The third-order valence-electron chi connectivity index (χ3n) is 3.33. The van der Waals surface area contributed by atoms with Crippen LogP contribution in [0.4, 0.5) is 5.82 Å². The van der Waals surface area contributed by atoms with E-state index in [0.717, 1.165) is 19.3 Å². The third kappa shape index (κ3) is 2.64. The van der Waals surface area contributed by atoms with E-state index in [2.05, 4.69) is 9.97 Å². The third-order valence-corrected chi connectivity index (χ3v) is 3.33. The number of aromatic carboxylic acids is 1. The molecule has 0 radical (unpaired) electrons. The fourth-order valence-electron chi connectivity index (χ4n) is 2.28. The van der Waals surface area contributed by atoms with Crippen molar-refractivity contribution in [2.24, 2.45) is 0 Å². The molecule has 0 aliphatic carbocycles. The number of ether oxygens (including phenoxy) is 1. The number of nitrogens with one attached hydrogen (secondary N) is 1. The first kappa shape index (κ1) is 15.8. The number of aromatic nitrogens is 2. The maximum atomic E-state index is 12.1. The zero-order valence-corrected chi connectivity index (χ0v) is 13.8. The van der Waals surface area contributed by atoms with Crippen molar-refractivity contribution in [3.8, 4) is 5.75 Å². The molecule has 2 aromatic heterocycles. The Morgan fingerprint density at radius 1 is 1.57 bits per heavy atom. The number of nitrogens with zero attached hydrogens (tertiary/aromatic N) is 2. The quantitative estimate of drug-likeness (QED) is 0.578. The Morgan fingerprint density at radius 3 is 3.00 bits per heavy atom. The molecule has 1 aliphatic heterocycles. The van der Waals surface area contributed by atoms with Crippen molar-refractivity contribution in [3.05, 3.63) is 28.0 Å². The Labute approximate surface area is 142 Å². The summed E-state index contributed by atoms with van der Waals surface area (Å²) in [6.45, 7) is 4.01. The van der Waals surface area contributed by atoms with Gasteiger partial charge < -0.3 is 24.5 Å². The monoisotopic (exact) mass is 297 g/mol. The molecule has 7 nitrogen and oxygen atoms in total. The number of carbonyl (C=O) groups excluding carboxylic acids is 1. The van der Waals surface area contributed by atoms with E-state index < -0.39 is 17.0 Å². The van der Waals surface area contributed by atoms with Gasteiger partial charge in [-0.15, -0.1) is 0 Å². The number of anilines is 1. The molecule has 8 heteroatoms. The number of pyridine rings is 2. The molecule has 0 unspecified atom stereocenters. The van der Waals surface area contributed by atoms with Gasteiger partial charge in [-0.05, 0) is 13.0 Å². The summed E-state index contributed by atoms with van der Waals surface area (Å²) >= 11 is 0. The van der Waals surface area contributed by atoms with Crippen LogP contribution in [0.15, 0.2) is 17.1 Å². The smallest absolute Gasteiger partial charge is 0.545 e. The molecular weight excluding hydrogens is 285 g/mol. The number of hydrogen-bond acceptors (Lipinski definition) is 6. The van der Waals surface area contributed by atoms with Crippen molar-refractivity contribution >= 4 is 22.8 Å². The van der Waals surface area contributed by atoms with Gasteiger partial charge in [-0.1, -0.05) is 0 Å². The van der Waals surface area contributed by atoms with Gasteiger partial charge >= 0.3 is 29.6 Å². The second kappa shape index (κ2) is 6.05. The van der Waals surface area contributed by atoms with Gasteiger partial charge in [-0.25, -0.2) is 4.98 Å². The molecule has 1 N–H and O–H groups in total. The molecule has 2 aromatic rings. The van der Waals surface area contributed by atoms with Crippen molar-refractivity contribution in [1.82, 2.24) is 9.97 Å². The Kier molecular flexibility index (Phi) is 4.55. The van der Waals surface area contributed by atoms with Crippen LogP contribution in [-0.2, 0) is 0 Å². The maximum Gasteiger partial charge on any atom is 1.00 e. The van der Waals surface area contributed by atoms with Crippen molar-refractivity contribution < 1.29 is 44.2 Å². The molecule has 0 atom stereocenters. The average Bonchev–Trinajstić information content (AvgIpc) is 2.45. The summed E-state index contributed by atoms with van der Waals surface area (Å²) in [4.78, 5) is 32.0. The summed E-state index contributed by atoms with van der Waals surface area (Å²) in [6.07, 6.45) is 1.11. The van der Waals surface area contributed by atoms with Gasteiger partial charge in [0.05, 0.1) is 23.5 Å². The van der Waals surface area contributed by atoms with Crippen LogP contribution in [0.3, 0.4) is 0 Å². The van der Waals surface area contributed by atoms with Crippen molar-refractivity contribution in [2.45, 2.75) is 6.92 Å². The van der Waals surface area contributed by atoms with Gasteiger partial charge in [0.2, 0.25) is 0 Å². The Morgan fingerprint density at radius 2 is 2.33 bits per heavy atom. The zero-order valence-electron chi connectivity index (χ0n) is 11.8. The molecule has 0 saturated carbocycles. The van der Waals surface area contributed by atoms with Gasteiger partial charge in [-0.2, -0.15) is 0 Å². The molecule has 21 heavy (non-hydrogen) atoms. The van der Waals surface area contributed by atoms with Gasteiger partial charge in [0.15, 0.2) is 17.0 Å². The second-order valence-corrected chi connectivity index (χ2v) is 4.45. The van der Waals surface area contributed by atoms with Crippen LogP contribution in [-0.4, -0.2) is 35.6 Å². The summed E-state index contributed by atoms with van der Waals surface area (Å²) in [5, 5.41) is 11.0. The Hall–Kier alpha value is -1.57. The number of carbonyl (C=O) groups is 1. The molecule has 0 aromatic carbocycles. The van der Waals surface area contributed by atoms with Crippen LogP contribution in [0.25, 0.3) is 11.0 Å². The van der Waals surface area contributed by atoms with E-state index >= 15 is 0 Å². The maximum absolute atomic E-state index is 12.1. The van der Waals surface area contributed by atoms with E-state index in [0.29, 0.717) is 23.8 Å². The minimum atomic E-state index is -1.51. The van der Waals surface area contributed by atoms with Crippen molar-refractivity contribution in [1.29, 1.82) is 0 Å². The molecule has 0 saturated heterocycles. The largest absolute Gasteiger partial charge is 1.00 e. The number of carboxylic acids is 1. The molecule has 3 heterocycles. The van der Waals surface area contributed by atoms with Crippen LogP contribution >= 0.6 is 0 Å². The summed E-state index contributed by atoms with van der Waals surface area (Å²) in [6, 6.07) is 1.53. The normalized spacial score (nSPS) is 13.3. The molecule has 0 amide bonds. The first-order chi connectivity index (χ1) is 9.61. The SMILES string of the molecule is CCN1CCOc2cc3c(=O)c(C(=O)[O-])c[nH]c3nc21.[Na+]. The van der Waals surface area contributed by atoms with Gasteiger partial charge in [-0.3, -0.25) is 4.79 Å². The minimum Gasteiger partial charge on any atom is -0.545 e. The predicted molar refractivity (Wildman–Crippen MR) is 70.1 cm³/mol. The predicted octanol–water partition coefficient (Wildman–Crippen LogP) is -3.49. The van der Waals surface area contributed by atoms with Gasteiger partial charge in [0.1, 0.15) is 12.3 Å². The fourth-order valence-corrected chi connectivity index (χ4v) is 2.28. The second-order valence-electron chi connectivity index (χ2n) is 4.45. The van der Waals surface area contributed by atoms with Gasteiger partial charge in [0, 0.05) is 12.7 Å². The van der Waals surface area contributed by atoms with Crippen LogP contribution < -0.4 is 49.7 Å². The van der Waals surface area contributed by atoms with E-state index in [9.17, 15) is 14.7 Å². The average molecular weight is 297 g/mol.